The molecule has 1 N–H and O–H groups in total. The number of benzene rings is 2. The van der Waals surface area contributed by atoms with Crippen molar-refractivity contribution in [1.82, 2.24) is 9.21 Å². The van der Waals surface area contributed by atoms with Gasteiger partial charge in [0, 0.05) is 31.7 Å². The van der Waals surface area contributed by atoms with Gasteiger partial charge in [0.05, 0.1) is 4.90 Å². The summed E-state index contributed by atoms with van der Waals surface area (Å²) in [6.45, 7) is 7.43. The summed E-state index contributed by atoms with van der Waals surface area (Å²) in [6.07, 6.45) is 0. The van der Waals surface area contributed by atoms with Gasteiger partial charge < -0.3 is 10.0 Å². The minimum absolute atomic E-state index is 0.0392. The molecule has 0 saturated carbocycles. The molecule has 7 heteroatoms. The van der Waals surface area contributed by atoms with Crippen molar-refractivity contribution in [2.75, 3.05) is 26.2 Å². The van der Waals surface area contributed by atoms with Crippen LogP contribution in [0.25, 0.3) is 0 Å². The Hall–Kier alpha value is -2.38. The number of carbonyl (C=O) groups is 1. The van der Waals surface area contributed by atoms with E-state index in [1.54, 1.807) is 29.2 Å². The summed E-state index contributed by atoms with van der Waals surface area (Å²) < 4.78 is 27.3. The Morgan fingerprint density at radius 2 is 1.43 bits per heavy atom. The van der Waals surface area contributed by atoms with E-state index >= 15 is 0 Å². The van der Waals surface area contributed by atoms with E-state index in [9.17, 15) is 18.3 Å². The lowest BCUT2D eigenvalue weighted by Gasteiger charge is -2.34. The predicted octanol–water partition coefficient (Wildman–Crippen LogP) is 2.84. The van der Waals surface area contributed by atoms with E-state index in [4.69, 9.17) is 0 Å². The second kappa shape index (κ2) is 7.56. The molecular formula is C21H26N2O4S. The number of amides is 1. The second-order valence-corrected chi connectivity index (χ2v) is 9.96. The summed E-state index contributed by atoms with van der Waals surface area (Å²) in [5, 5.41) is 9.34. The zero-order valence-corrected chi connectivity index (χ0v) is 17.2. The zero-order chi connectivity index (χ0) is 20.5. The van der Waals surface area contributed by atoms with Crippen LogP contribution in [0.4, 0.5) is 0 Å². The number of sulfonamides is 1. The number of nitrogens with zero attached hydrogens (tertiary/aromatic N) is 2. The minimum atomic E-state index is -3.58. The maximum atomic E-state index is 12.9. The molecule has 0 spiro atoms. The van der Waals surface area contributed by atoms with E-state index in [0.29, 0.717) is 18.7 Å². The van der Waals surface area contributed by atoms with Crippen LogP contribution in [0.3, 0.4) is 0 Å². The number of rotatable bonds is 3. The minimum Gasteiger partial charge on any atom is -0.508 e. The van der Waals surface area contributed by atoms with Crippen LogP contribution < -0.4 is 0 Å². The third kappa shape index (κ3) is 4.20. The van der Waals surface area contributed by atoms with E-state index in [-0.39, 0.29) is 35.1 Å². The van der Waals surface area contributed by atoms with Gasteiger partial charge in [-0.3, -0.25) is 4.79 Å². The molecule has 0 bridgehead atoms. The van der Waals surface area contributed by atoms with E-state index < -0.39 is 10.0 Å². The fourth-order valence-corrected chi connectivity index (χ4v) is 4.62. The lowest BCUT2D eigenvalue weighted by Crippen LogP contribution is -2.50. The number of phenolic OH excluding ortho intramolecular Hbond substituents is 1. The first kappa shape index (κ1) is 20.4. The molecule has 1 amide bonds. The topological polar surface area (TPSA) is 77.9 Å². The molecule has 0 unspecified atom stereocenters. The highest BCUT2D eigenvalue weighted by molar-refractivity contribution is 7.89. The largest absolute Gasteiger partial charge is 0.508 e. The number of hydrogen-bond donors (Lipinski definition) is 1. The van der Waals surface area contributed by atoms with Gasteiger partial charge in [-0.25, -0.2) is 8.42 Å². The van der Waals surface area contributed by atoms with Gasteiger partial charge in [0.15, 0.2) is 0 Å². The van der Waals surface area contributed by atoms with Gasteiger partial charge in [-0.1, -0.05) is 32.9 Å². The van der Waals surface area contributed by atoms with Crippen molar-refractivity contribution in [3.05, 3.63) is 59.7 Å². The fourth-order valence-electron chi connectivity index (χ4n) is 3.19. The molecule has 0 radical (unpaired) electrons. The molecule has 6 nitrogen and oxygen atoms in total. The first-order chi connectivity index (χ1) is 13.1. The summed E-state index contributed by atoms with van der Waals surface area (Å²) in [5.41, 5.74) is 1.52. The molecule has 1 saturated heterocycles. The summed E-state index contributed by atoms with van der Waals surface area (Å²) in [4.78, 5) is 14.5. The third-order valence-electron chi connectivity index (χ3n) is 5.00. The lowest BCUT2D eigenvalue weighted by molar-refractivity contribution is 0.0698. The standard InChI is InChI=1S/C21H26N2O4S/c1-21(2,3)17-6-10-19(11-7-17)28(26,27)23-14-12-22(13-15-23)20(25)16-4-8-18(24)9-5-16/h4-11,24H,12-15H2,1-3H3. The first-order valence-corrected chi connectivity index (χ1v) is 10.7. The van der Waals surface area contributed by atoms with Crippen LogP contribution in [0.2, 0.25) is 0 Å². The third-order valence-corrected chi connectivity index (χ3v) is 6.91. The molecule has 1 aliphatic rings. The maximum Gasteiger partial charge on any atom is 0.253 e. The number of hydrogen-bond acceptors (Lipinski definition) is 4. The molecule has 150 valence electrons. The number of aromatic hydroxyl groups is 1. The monoisotopic (exact) mass is 402 g/mol. The maximum absolute atomic E-state index is 12.9. The van der Waals surface area contributed by atoms with Crippen molar-refractivity contribution < 1.29 is 18.3 Å². The Kier molecular flexibility index (Phi) is 5.50. The van der Waals surface area contributed by atoms with E-state index in [1.807, 2.05) is 12.1 Å². The van der Waals surface area contributed by atoms with Crippen molar-refractivity contribution in [2.45, 2.75) is 31.1 Å². The molecular weight excluding hydrogens is 376 g/mol. The summed E-state index contributed by atoms with van der Waals surface area (Å²) in [7, 11) is -3.58. The van der Waals surface area contributed by atoms with Gasteiger partial charge in [-0.15, -0.1) is 0 Å². The van der Waals surface area contributed by atoms with Crippen molar-refractivity contribution in [2.24, 2.45) is 0 Å². The van der Waals surface area contributed by atoms with Gasteiger partial charge >= 0.3 is 0 Å². The van der Waals surface area contributed by atoms with Gasteiger partial charge in [0.2, 0.25) is 10.0 Å². The predicted molar refractivity (Wildman–Crippen MR) is 108 cm³/mol. The molecule has 1 heterocycles. The molecule has 1 fully saturated rings. The highest BCUT2D eigenvalue weighted by Crippen LogP contribution is 2.25. The number of phenols is 1. The van der Waals surface area contributed by atoms with Gasteiger partial charge in [0.25, 0.3) is 5.91 Å². The number of carbonyl (C=O) groups excluding carboxylic acids is 1. The van der Waals surface area contributed by atoms with Crippen LogP contribution in [0.5, 0.6) is 5.75 Å². The molecule has 2 aromatic rings. The van der Waals surface area contributed by atoms with E-state index in [1.165, 1.54) is 16.4 Å². The van der Waals surface area contributed by atoms with Crippen molar-refractivity contribution in [3.63, 3.8) is 0 Å². The molecule has 3 rings (SSSR count). The van der Waals surface area contributed by atoms with Crippen LogP contribution in [-0.4, -0.2) is 54.8 Å². The van der Waals surface area contributed by atoms with Crippen molar-refractivity contribution in [3.8, 4) is 5.75 Å². The normalized spacial score (nSPS) is 16.2. The average Bonchev–Trinajstić information content (AvgIpc) is 2.67. The molecule has 28 heavy (non-hydrogen) atoms. The van der Waals surface area contributed by atoms with Gasteiger partial charge in [-0.05, 0) is 47.4 Å². The van der Waals surface area contributed by atoms with Crippen LogP contribution in [0.1, 0.15) is 36.7 Å². The van der Waals surface area contributed by atoms with E-state index in [2.05, 4.69) is 20.8 Å². The summed E-state index contributed by atoms with van der Waals surface area (Å²) in [6, 6.07) is 13.1. The van der Waals surface area contributed by atoms with E-state index in [0.717, 1.165) is 5.56 Å². The van der Waals surface area contributed by atoms with Gasteiger partial charge in [-0.2, -0.15) is 4.31 Å². The smallest absolute Gasteiger partial charge is 0.253 e. The Bertz CT molecular complexity index is 937. The first-order valence-electron chi connectivity index (χ1n) is 9.28. The van der Waals surface area contributed by atoms with Crippen LogP contribution >= 0.6 is 0 Å². The number of piperazine rings is 1. The van der Waals surface area contributed by atoms with Crippen LogP contribution in [0.15, 0.2) is 53.4 Å². The Balaban J connectivity index is 1.68. The Labute approximate surface area is 166 Å². The highest BCUT2D eigenvalue weighted by Gasteiger charge is 2.30. The van der Waals surface area contributed by atoms with Crippen molar-refractivity contribution in [1.29, 1.82) is 0 Å². The molecule has 1 aliphatic heterocycles. The Morgan fingerprint density at radius 1 is 0.893 bits per heavy atom. The Morgan fingerprint density at radius 3 is 1.93 bits per heavy atom. The average molecular weight is 403 g/mol. The summed E-state index contributed by atoms with van der Waals surface area (Å²) in [5.74, 6) is -0.0588. The molecule has 0 atom stereocenters. The second-order valence-electron chi connectivity index (χ2n) is 8.02. The molecule has 2 aromatic carbocycles. The quantitative estimate of drug-likeness (QED) is 0.856. The lowest BCUT2D eigenvalue weighted by atomic mass is 9.87. The SMILES string of the molecule is CC(C)(C)c1ccc(S(=O)(=O)N2CCN(C(=O)c3ccc(O)cc3)CC2)cc1. The van der Waals surface area contributed by atoms with Gasteiger partial charge in [0.1, 0.15) is 5.75 Å². The zero-order valence-electron chi connectivity index (χ0n) is 16.4. The molecule has 0 aliphatic carbocycles. The summed E-state index contributed by atoms with van der Waals surface area (Å²) >= 11 is 0. The molecule has 0 aromatic heterocycles. The van der Waals surface area contributed by atoms with Crippen molar-refractivity contribution >= 4 is 15.9 Å². The van der Waals surface area contributed by atoms with Crippen LogP contribution in [-0.2, 0) is 15.4 Å². The highest BCUT2D eigenvalue weighted by atomic mass is 32.2. The fraction of sp³-hybridized carbons (Fsp3) is 0.381. The van der Waals surface area contributed by atoms with Crippen LogP contribution in [0, 0.1) is 0 Å².